The second-order valence-electron chi connectivity index (χ2n) is 6.08. The first-order valence-electron chi connectivity index (χ1n) is 8.57. The van der Waals surface area contributed by atoms with Crippen LogP contribution in [0, 0.1) is 0 Å². The Labute approximate surface area is 158 Å². The lowest BCUT2D eigenvalue weighted by atomic mass is 10.2. The molecule has 0 aliphatic carbocycles. The summed E-state index contributed by atoms with van der Waals surface area (Å²) >= 11 is 1.77. The summed E-state index contributed by atoms with van der Waals surface area (Å²) in [6.45, 7) is 1.10. The van der Waals surface area contributed by atoms with Crippen LogP contribution < -0.4 is 9.62 Å². The van der Waals surface area contributed by atoms with Crippen molar-refractivity contribution in [2.24, 2.45) is 0 Å². The van der Waals surface area contributed by atoms with Crippen LogP contribution in [0.2, 0.25) is 0 Å². The Morgan fingerprint density at radius 2 is 1.81 bits per heavy atom. The molecule has 1 amide bonds. The second kappa shape index (κ2) is 8.60. The van der Waals surface area contributed by atoms with Gasteiger partial charge in [0.15, 0.2) is 0 Å². The number of hydrogen-bond acceptors (Lipinski definition) is 4. The molecule has 1 heterocycles. The monoisotopic (exact) mass is 390 g/mol. The molecule has 1 saturated heterocycles. The highest BCUT2D eigenvalue weighted by molar-refractivity contribution is 7.98. The summed E-state index contributed by atoms with van der Waals surface area (Å²) in [5, 5.41) is 2.90. The molecule has 1 aliphatic heterocycles. The fourth-order valence-electron chi connectivity index (χ4n) is 2.81. The van der Waals surface area contributed by atoms with Gasteiger partial charge in [0.1, 0.15) is 0 Å². The smallest absolute Gasteiger partial charge is 0.251 e. The number of carbonyl (C=O) groups excluding carboxylic acids is 1. The zero-order valence-electron chi connectivity index (χ0n) is 14.4. The largest absolute Gasteiger partial charge is 0.351 e. The quantitative estimate of drug-likeness (QED) is 0.738. The number of rotatable bonds is 7. The van der Waals surface area contributed by atoms with Gasteiger partial charge in [0.2, 0.25) is 10.0 Å². The molecule has 0 aromatic heterocycles. The van der Waals surface area contributed by atoms with E-state index in [-0.39, 0.29) is 11.7 Å². The van der Waals surface area contributed by atoms with Crippen molar-refractivity contribution in [3.05, 3.63) is 65.7 Å². The number of sulfonamides is 1. The zero-order valence-corrected chi connectivity index (χ0v) is 16.1. The number of hydrogen-bond donors (Lipinski definition) is 1. The third kappa shape index (κ3) is 4.80. The molecule has 0 radical (unpaired) electrons. The number of amides is 1. The fraction of sp³-hybridized carbons (Fsp3) is 0.316. The zero-order chi connectivity index (χ0) is 18.4. The lowest BCUT2D eigenvalue weighted by molar-refractivity contribution is 0.0956. The topological polar surface area (TPSA) is 66.5 Å². The van der Waals surface area contributed by atoms with Gasteiger partial charge in [-0.05, 0) is 36.2 Å². The van der Waals surface area contributed by atoms with Gasteiger partial charge in [0.05, 0.1) is 11.4 Å². The third-order valence-corrected chi connectivity index (χ3v) is 7.06. The van der Waals surface area contributed by atoms with Gasteiger partial charge in [-0.3, -0.25) is 9.10 Å². The first kappa shape index (κ1) is 18.8. The van der Waals surface area contributed by atoms with Crippen LogP contribution in [0.15, 0.2) is 54.6 Å². The highest BCUT2D eigenvalue weighted by Gasteiger charge is 2.28. The molecule has 2 aromatic carbocycles. The summed E-state index contributed by atoms with van der Waals surface area (Å²) in [4.78, 5) is 12.2. The molecule has 0 saturated carbocycles. The minimum atomic E-state index is -3.19. The number of anilines is 1. The lowest BCUT2D eigenvalue weighted by Gasteiger charge is -2.17. The molecule has 7 heteroatoms. The summed E-state index contributed by atoms with van der Waals surface area (Å²) < 4.78 is 25.3. The molecule has 5 nitrogen and oxygen atoms in total. The van der Waals surface area contributed by atoms with Gasteiger partial charge in [0.25, 0.3) is 5.91 Å². The number of carbonyl (C=O) groups is 1. The molecule has 0 bridgehead atoms. The van der Waals surface area contributed by atoms with Gasteiger partial charge in [0, 0.05) is 30.2 Å². The van der Waals surface area contributed by atoms with Gasteiger partial charge in [-0.2, -0.15) is 11.8 Å². The van der Waals surface area contributed by atoms with Gasteiger partial charge < -0.3 is 5.32 Å². The van der Waals surface area contributed by atoms with Crippen LogP contribution in [0.4, 0.5) is 5.69 Å². The van der Waals surface area contributed by atoms with E-state index in [4.69, 9.17) is 0 Å². The van der Waals surface area contributed by atoms with Crippen molar-refractivity contribution in [2.75, 3.05) is 28.9 Å². The molecule has 26 heavy (non-hydrogen) atoms. The SMILES string of the molecule is O=C(NCCSCc1ccccc1)c1ccc(N2CCCS2(=O)=O)cc1. The first-order chi connectivity index (χ1) is 12.6. The van der Waals surface area contributed by atoms with Gasteiger partial charge in [-0.25, -0.2) is 8.42 Å². The van der Waals surface area contributed by atoms with E-state index in [2.05, 4.69) is 17.4 Å². The van der Waals surface area contributed by atoms with Crippen molar-refractivity contribution in [3.63, 3.8) is 0 Å². The van der Waals surface area contributed by atoms with Crippen LogP contribution in [0.5, 0.6) is 0 Å². The number of nitrogens with zero attached hydrogens (tertiary/aromatic N) is 1. The van der Waals surface area contributed by atoms with Crippen molar-refractivity contribution >= 4 is 33.4 Å². The van der Waals surface area contributed by atoms with Crippen molar-refractivity contribution in [1.29, 1.82) is 0 Å². The molecule has 138 valence electrons. The van der Waals surface area contributed by atoms with E-state index in [0.717, 1.165) is 11.5 Å². The average molecular weight is 391 g/mol. The number of benzene rings is 2. The predicted molar refractivity (Wildman–Crippen MR) is 107 cm³/mol. The standard InChI is InChI=1S/C19H22N2O3S2/c22-19(20-11-13-25-15-16-5-2-1-3-6-16)17-7-9-18(10-8-17)21-12-4-14-26(21,23)24/h1-3,5-10H,4,11-15H2,(H,20,22). The Bertz CT molecular complexity index is 837. The Kier molecular flexibility index (Phi) is 6.21. The highest BCUT2D eigenvalue weighted by atomic mass is 32.2. The molecule has 0 unspecified atom stereocenters. The predicted octanol–water partition coefficient (Wildman–Crippen LogP) is 2.89. The number of nitrogens with one attached hydrogen (secondary N) is 1. The van der Waals surface area contributed by atoms with Crippen molar-refractivity contribution in [3.8, 4) is 0 Å². The maximum atomic E-state index is 12.2. The fourth-order valence-corrected chi connectivity index (χ4v) is 5.20. The Balaban J connectivity index is 1.45. The molecule has 0 spiro atoms. The van der Waals surface area contributed by atoms with Crippen molar-refractivity contribution in [2.45, 2.75) is 12.2 Å². The van der Waals surface area contributed by atoms with E-state index in [1.54, 1.807) is 36.0 Å². The highest BCUT2D eigenvalue weighted by Crippen LogP contribution is 2.24. The van der Waals surface area contributed by atoms with Crippen molar-refractivity contribution < 1.29 is 13.2 Å². The molecule has 1 N–H and O–H groups in total. The van der Waals surface area contributed by atoms with E-state index in [1.165, 1.54) is 9.87 Å². The molecule has 0 atom stereocenters. The van der Waals surface area contributed by atoms with Crippen LogP contribution in [-0.4, -0.2) is 38.9 Å². The molecular formula is C19H22N2O3S2. The van der Waals surface area contributed by atoms with E-state index in [0.29, 0.717) is 30.8 Å². The first-order valence-corrected chi connectivity index (χ1v) is 11.3. The second-order valence-corrected chi connectivity index (χ2v) is 9.20. The van der Waals surface area contributed by atoms with Crippen LogP contribution in [0.3, 0.4) is 0 Å². The van der Waals surface area contributed by atoms with Gasteiger partial charge >= 0.3 is 0 Å². The lowest BCUT2D eigenvalue weighted by Crippen LogP contribution is -2.27. The van der Waals surface area contributed by atoms with Crippen LogP contribution in [-0.2, 0) is 15.8 Å². The number of thioether (sulfide) groups is 1. The molecule has 3 rings (SSSR count). The van der Waals surface area contributed by atoms with Crippen LogP contribution in [0.25, 0.3) is 0 Å². The summed E-state index contributed by atoms with van der Waals surface area (Å²) in [5.41, 5.74) is 2.44. The van der Waals surface area contributed by atoms with Crippen LogP contribution in [0.1, 0.15) is 22.3 Å². The van der Waals surface area contributed by atoms with E-state index in [9.17, 15) is 13.2 Å². The minimum absolute atomic E-state index is 0.138. The normalized spacial score (nSPS) is 15.8. The Morgan fingerprint density at radius 1 is 1.08 bits per heavy atom. The molecule has 1 aliphatic rings. The summed E-state index contributed by atoms with van der Waals surface area (Å²) in [5.74, 6) is 1.82. The molecular weight excluding hydrogens is 368 g/mol. The van der Waals surface area contributed by atoms with E-state index < -0.39 is 10.0 Å². The van der Waals surface area contributed by atoms with Crippen molar-refractivity contribution in [1.82, 2.24) is 5.32 Å². The minimum Gasteiger partial charge on any atom is -0.351 e. The summed E-state index contributed by atoms with van der Waals surface area (Å²) in [6.07, 6.45) is 0.644. The van der Waals surface area contributed by atoms with E-state index >= 15 is 0 Å². The summed E-state index contributed by atoms with van der Waals surface area (Å²) in [7, 11) is -3.19. The molecule has 1 fully saturated rings. The maximum Gasteiger partial charge on any atom is 0.251 e. The van der Waals surface area contributed by atoms with Gasteiger partial charge in [-0.15, -0.1) is 0 Å². The van der Waals surface area contributed by atoms with E-state index in [1.807, 2.05) is 18.2 Å². The third-order valence-electron chi connectivity index (χ3n) is 4.16. The summed E-state index contributed by atoms with van der Waals surface area (Å²) in [6, 6.07) is 17.0. The molecule has 2 aromatic rings. The average Bonchev–Trinajstić information content (AvgIpc) is 3.01. The van der Waals surface area contributed by atoms with Crippen LogP contribution >= 0.6 is 11.8 Å². The Hall–Kier alpha value is -1.99. The van der Waals surface area contributed by atoms with Gasteiger partial charge in [-0.1, -0.05) is 30.3 Å². The Morgan fingerprint density at radius 3 is 2.46 bits per heavy atom. The maximum absolute atomic E-state index is 12.2.